The average molecular weight is 341 g/mol. The molecule has 4 nitrogen and oxygen atoms in total. The molecule has 0 bridgehead atoms. The summed E-state index contributed by atoms with van der Waals surface area (Å²) in [5.74, 6) is -0.0117. The summed E-state index contributed by atoms with van der Waals surface area (Å²) in [5.41, 5.74) is 2.59. The van der Waals surface area contributed by atoms with Gasteiger partial charge in [0.2, 0.25) is 0 Å². The zero-order valence-corrected chi connectivity index (χ0v) is 15.5. The topological polar surface area (TPSA) is 35.6 Å². The number of anilines is 1. The van der Waals surface area contributed by atoms with Crippen molar-refractivity contribution in [1.29, 1.82) is 0 Å². The highest BCUT2D eigenvalue weighted by molar-refractivity contribution is 5.94. The number of likely N-dealkylation sites (tertiary alicyclic amines) is 1. The number of carbonyl (C=O) groups excluding carboxylic acids is 1. The first-order valence-electron chi connectivity index (χ1n) is 10.0. The second-order valence-corrected chi connectivity index (χ2v) is 8.23. The molecule has 1 aromatic rings. The van der Waals surface area contributed by atoms with Gasteiger partial charge in [0.25, 0.3) is 5.91 Å². The fourth-order valence-electron chi connectivity index (χ4n) is 4.82. The first-order chi connectivity index (χ1) is 12.2. The van der Waals surface area contributed by atoms with Crippen LogP contribution in [0.25, 0.3) is 0 Å². The monoisotopic (exact) mass is 341 g/mol. The van der Waals surface area contributed by atoms with Crippen molar-refractivity contribution in [2.24, 2.45) is 5.41 Å². The number of rotatable bonds is 3. The Labute approximate surface area is 151 Å². The molecule has 0 atom stereocenters. The van der Waals surface area contributed by atoms with Gasteiger partial charge in [0.15, 0.2) is 0 Å². The van der Waals surface area contributed by atoms with E-state index in [4.69, 9.17) is 0 Å². The van der Waals surface area contributed by atoms with Crippen LogP contribution in [0, 0.1) is 5.41 Å². The van der Waals surface area contributed by atoms with Crippen molar-refractivity contribution in [3.63, 3.8) is 0 Å². The summed E-state index contributed by atoms with van der Waals surface area (Å²) in [4.78, 5) is 16.9. The summed E-state index contributed by atoms with van der Waals surface area (Å²) in [7, 11) is 1.68. The third-order valence-corrected chi connectivity index (χ3v) is 7.00. The van der Waals surface area contributed by atoms with Crippen molar-refractivity contribution in [2.45, 2.75) is 51.0 Å². The molecule has 1 N–H and O–H groups in total. The molecule has 0 unspecified atom stereocenters. The quantitative estimate of drug-likeness (QED) is 0.916. The van der Waals surface area contributed by atoms with Crippen molar-refractivity contribution in [2.75, 3.05) is 38.1 Å². The molecule has 0 radical (unpaired) electrons. The SMILES string of the molecule is CNC(=O)c1ccc(N2CCC3(CC2)CCN(C2CCC2)CC3)cc1. The molecular formula is C21H31N3O. The molecule has 1 saturated carbocycles. The van der Waals surface area contributed by atoms with Gasteiger partial charge in [-0.1, -0.05) is 6.42 Å². The van der Waals surface area contributed by atoms with E-state index in [1.165, 1.54) is 63.7 Å². The molecule has 3 fully saturated rings. The van der Waals surface area contributed by atoms with Crippen LogP contribution < -0.4 is 10.2 Å². The zero-order valence-electron chi connectivity index (χ0n) is 15.5. The van der Waals surface area contributed by atoms with Gasteiger partial charge >= 0.3 is 0 Å². The summed E-state index contributed by atoms with van der Waals surface area (Å²) in [6.07, 6.45) is 9.75. The zero-order chi connectivity index (χ0) is 17.3. The lowest BCUT2D eigenvalue weighted by atomic mass is 9.70. The largest absolute Gasteiger partial charge is 0.371 e. The van der Waals surface area contributed by atoms with E-state index < -0.39 is 0 Å². The van der Waals surface area contributed by atoms with Gasteiger partial charge in [0, 0.05) is 37.4 Å². The minimum absolute atomic E-state index is 0.0117. The number of carbonyl (C=O) groups is 1. The molecular weight excluding hydrogens is 310 g/mol. The minimum atomic E-state index is -0.0117. The van der Waals surface area contributed by atoms with Gasteiger partial charge in [-0.15, -0.1) is 0 Å². The van der Waals surface area contributed by atoms with Crippen LogP contribution in [0.4, 0.5) is 5.69 Å². The van der Waals surface area contributed by atoms with Gasteiger partial charge in [-0.3, -0.25) is 4.79 Å². The number of nitrogens with zero attached hydrogens (tertiary/aromatic N) is 2. The van der Waals surface area contributed by atoms with Gasteiger partial charge in [-0.25, -0.2) is 0 Å². The van der Waals surface area contributed by atoms with E-state index in [0.717, 1.165) is 24.7 Å². The minimum Gasteiger partial charge on any atom is -0.371 e. The number of hydrogen-bond acceptors (Lipinski definition) is 3. The molecule has 4 heteroatoms. The highest BCUT2D eigenvalue weighted by atomic mass is 16.1. The molecule has 1 aliphatic carbocycles. The number of amides is 1. The molecule has 1 aromatic carbocycles. The van der Waals surface area contributed by atoms with Gasteiger partial charge in [0.05, 0.1) is 0 Å². The van der Waals surface area contributed by atoms with E-state index in [1.54, 1.807) is 7.05 Å². The van der Waals surface area contributed by atoms with Gasteiger partial charge in [-0.05, 0) is 81.3 Å². The molecule has 136 valence electrons. The lowest BCUT2D eigenvalue weighted by Gasteiger charge is -2.50. The molecule has 2 aliphatic heterocycles. The van der Waals surface area contributed by atoms with Gasteiger partial charge in [0.1, 0.15) is 0 Å². The van der Waals surface area contributed by atoms with Crippen LogP contribution in [0.2, 0.25) is 0 Å². The first-order valence-corrected chi connectivity index (χ1v) is 10.0. The van der Waals surface area contributed by atoms with E-state index >= 15 is 0 Å². The van der Waals surface area contributed by atoms with Crippen molar-refractivity contribution in [1.82, 2.24) is 10.2 Å². The Bertz CT molecular complexity index is 590. The number of hydrogen-bond donors (Lipinski definition) is 1. The van der Waals surface area contributed by atoms with Crippen LogP contribution in [0.1, 0.15) is 55.3 Å². The number of benzene rings is 1. The Balaban J connectivity index is 1.31. The first kappa shape index (κ1) is 16.9. The van der Waals surface area contributed by atoms with Crippen LogP contribution in [0.3, 0.4) is 0 Å². The Morgan fingerprint density at radius 1 is 1.00 bits per heavy atom. The highest BCUT2D eigenvalue weighted by Gasteiger charge is 2.39. The molecule has 1 amide bonds. The summed E-state index contributed by atoms with van der Waals surface area (Å²) in [6, 6.07) is 8.99. The van der Waals surface area contributed by atoms with Crippen molar-refractivity contribution in [3.05, 3.63) is 29.8 Å². The average Bonchev–Trinajstić information content (AvgIpc) is 2.62. The molecule has 25 heavy (non-hydrogen) atoms. The second kappa shape index (κ2) is 6.99. The van der Waals surface area contributed by atoms with Crippen molar-refractivity contribution in [3.8, 4) is 0 Å². The maximum atomic E-state index is 11.7. The Morgan fingerprint density at radius 3 is 2.12 bits per heavy atom. The smallest absolute Gasteiger partial charge is 0.251 e. The van der Waals surface area contributed by atoms with Crippen LogP contribution in [0.5, 0.6) is 0 Å². The second-order valence-electron chi connectivity index (χ2n) is 8.23. The third kappa shape index (κ3) is 3.41. The van der Waals surface area contributed by atoms with E-state index in [2.05, 4.69) is 27.2 Å². The molecule has 1 spiro atoms. The predicted octanol–water partition coefficient (Wildman–Crippen LogP) is 3.28. The summed E-state index contributed by atoms with van der Waals surface area (Å²) in [5, 5.41) is 2.68. The summed E-state index contributed by atoms with van der Waals surface area (Å²) < 4.78 is 0. The number of piperidine rings is 2. The van der Waals surface area contributed by atoms with Crippen LogP contribution in [-0.2, 0) is 0 Å². The van der Waals surface area contributed by atoms with Crippen molar-refractivity contribution >= 4 is 11.6 Å². The molecule has 0 aromatic heterocycles. The Hall–Kier alpha value is -1.55. The van der Waals surface area contributed by atoms with E-state index in [0.29, 0.717) is 5.41 Å². The van der Waals surface area contributed by atoms with Gasteiger partial charge < -0.3 is 15.1 Å². The highest BCUT2D eigenvalue weighted by Crippen LogP contribution is 2.43. The predicted molar refractivity (Wildman–Crippen MR) is 102 cm³/mol. The maximum Gasteiger partial charge on any atom is 0.251 e. The van der Waals surface area contributed by atoms with Crippen LogP contribution >= 0.6 is 0 Å². The number of nitrogens with one attached hydrogen (secondary N) is 1. The fraction of sp³-hybridized carbons (Fsp3) is 0.667. The van der Waals surface area contributed by atoms with Crippen molar-refractivity contribution < 1.29 is 4.79 Å². The van der Waals surface area contributed by atoms with E-state index in [9.17, 15) is 4.79 Å². The van der Waals surface area contributed by atoms with E-state index in [1.807, 2.05) is 12.1 Å². The van der Waals surface area contributed by atoms with Crippen LogP contribution in [0.15, 0.2) is 24.3 Å². The van der Waals surface area contributed by atoms with Crippen LogP contribution in [-0.4, -0.2) is 50.1 Å². The lowest BCUT2D eigenvalue weighted by molar-refractivity contribution is 0.0306. The molecule has 2 saturated heterocycles. The normalized spacial score (nSPS) is 24.1. The van der Waals surface area contributed by atoms with Gasteiger partial charge in [-0.2, -0.15) is 0 Å². The Kier molecular flexibility index (Phi) is 4.72. The van der Waals surface area contributed by atoms with E-state index in [-0.39, 0.29) is 5.91 Å². The maximum absolute atomic E-state index is 11.7. The Morgan fingerprint density at radius 2 is 1.60 bits per heavy atom. The lowest BCUT2D eigenvalue weighted by Crippen LogP contribution is -2.50. The summed E-state index contributed by atoms with van der Waals surface area (Å²) in [6.45, 7) is 4.96. The fourth-order valence-corrected chi connectivity index (χ4v) is 4.82. The molecule has 3 aliphatic rings. The summed E-state index contributed by atoms with van der Waals surface area (Å²) >= 11 is 0. The third-order valence-electron chi connectivity index (χ3n) is 7.00. The molecule has 4 rings (SSSR count). The molecule has 2 heterocycles. The standard InChI is InChI=1S/C21H31N3O/c1-22-20(25)17-5-7-19(8-6-17)24-15-11-21(12-16-24)9-13-23(14-10-21)18-3-2-4-18/h5-8,18H,2-4,9-16H2,1H3,(H,22,25).